The van der Waals surface area contributed by atoms with Crippen LogP contribution in [-0.2, 0) is 14.3 Å². The van der Waals surface area contributed by atoms with E-state index in [1.165, 1.54) is 11.3 Å². The number of esters is 1. The summed E-state index contributed by atoms with van der Waals surface area (Å²) >= 11 is 1.30. The predicted molar refractivity (Wildman–Crippen MR) is 112 cm³/mol. The minimum atomic E-state index is -0.606. The quantitative estimate of drug-likeness (QED) is 0.645. The van der Waals surface area contributed by atoms with Crippen LogP contribution in [0.3, 0.4) is 0 Å². The molecule has 7 heteroatoms. The minimum absolute atomic E-state index is 0.0239. The molecule has 0 spiro atoms. The van der Waals surface area contributed by atoms with Gasteiger partial charge in [-0.1, -0.05) is 30.3 Å². The van der Waals surface area contributed by atoms with Gasteiger partial charge in [0.25, 0.3) is 5.91 Å². The second kappa shape index (κ2) is 8.37. The number of benzene rings is 1. The van der Waals surface area contributed by atoms with E-state index < -0.39 is 5.97 Å². The monoisotopic (exact) mass is 412 g/mol. The van der Waals surface area contributed by atoms with Crippen molar-refractivity contribution >= 4 is 34.1 Å². The van der Waals surface area contributed by atoms with E-state index in [0.717, 1.165) is 31.2 Å². The van der Waals surface area contributed by atoms with Gasteiger partial charge in [0, 0.05) is 22.9 Å². The van der Waals surface area contributed by atoms with Crippen LogP contribution in [0.5, 0.6) is 0 Å². The number of ether oxygens (including phenoxy) is 1. The number of hydrogen-bond acceptors (Lipinski definition) is 5. The van der Waals surface area contributed by atoms with Gasteiger partial charge >= 0.3 is 5.97 Å². The van der Waals surface area contributed by atoms with Crippen LogP contribution in [0.25, 0.3) is 11.1 Å². The first-order chi connectivity index (χ1) is 14.0. The second-order valence-corrected chi connectivity index (χ2v) is 8.63. The van der Waals surface area contributed by atoms with Gasteiger partial charge in [0.1, 0.15) is 10.6 Å². The molecule has 0 unspecified atom stereocenters. The Bertz CT molecular complexity index is 916. The van der Waals surface area contributed by atoms with Gasteiger partial charge in [0.2, 0.25) is 5.91 Å². The molecule has 1 aromatic heterocycles. The largest absolute Gasteiger partial charge is 0.452 e. The Morgan fingerprint density at radius 1 is 1.14 bits per heavy atom. The molecule has 0 aliphatic heterocycles. The lowest BCUT2D eigenvalue weighted by Crippen LogP contribution is -2.37. The fraction of sp³-hybridized carbons (Fsp3) is 0.409. The van der Waals surface area contributed by atoms with Gasteiger partial charge in [-0.25, -0.2) is 4.79 Å². The zero-order valence-corrected chi connectivity index (χ0v) is 17.1. The highest BCUT2D eigenvalue weighted by molar-refractivity contribution is 7.15. The van der Waals surface area contributed by atoms with E-state index >= 15 is 0 Å². The Kier molecular flexibility index (Phi) is 5.67. The number of rotatable bonds is 8. The molecule has 2 amide bonds. The molecule has 1 atom stereocenters. The first kappa shape index (κ1) is 19.6. The number of anilines is 1. The van der Waals surface area contributed by atoms with Gasteiger partial charge in [-0.2, -0.15) is 0 Å². The molecular weight excluding hydrogens is 388 g/mol. The Labute approximate surface area is 173 Å². The number of carbonyl (C=O) groups is 3. The lowest BCUT2D eigenvalue weighted by atomic mass is 10.0. The van der Waals surface area contributed by atoms with Crippen LogP contribution in [0.1, 0.15) is 43.0 Å². The number of amides is 2. The Balaban J connectivity index is 1.49. The van der Waals surface area contributed by atoms with Crippen LogP contribution in [0.4, 0.5) is 5.00 Å². The number of thiophene rings is 1. The maximum atomic E-state index is 12.9. The average molecular weight is 413 g/mol. The molecule has 2 fully saturated rings. The summed E-state index contributed by atoms with van der Waals surface area (Å²) in [4.78, 5) is 37.2. The van der Waals surface area contributed by atoms with Crippen LogP contribution >= 0.6 is 11.3 Å². The summed E-state index contributed by atoms with van der Waals surface area (Å²) in [5.74, 6) is -0.434. The van der Waals surface area contributed by atoms with Gasteiger partial charge < -0.3 is 15.4 Å². The van der Waals surface area contributed by atoms with Crippen molar-refractivity contribution in [3.63, 3.8) is 0 Å². The molecule has 0 bridgehead atoms. The maximum absolute atomic E-state index is 12.9. The van der Waals surface area contributed by atoms with Gasteiger partial charge in [-0.15, -0.1) is 11.3 Å². The summed E-state index contributed by atoms with van der Waals surface area (Å²) in [5, 5.41) is 8.05. The molecule has 29 heavy (non-hydrogen) atoms. The molecule has 152 valence electrons. The van der Waals surface area contributed by atoms with Crippen molar-refractivity contribution in [2.45, 2.75) is 38.6 Å². The van der Waals surface area contributed by atoms with E-state index in [4.69, 9.17) is 4.74 Å². The molecule has 1 heterocycles. The summed E-state index contributed by atoms with van der Waals surface area (Å²) in [5.41, 5.74) is 1.85. The molecule has 2 saturated carbocycles. The first-order valence-corrected chi connectivity index (χ1v) is 10.8. The Hall–Kier alpha value is -2.67. The van der Waals surface area contributed by atoms with E-state index in [-0.39, 0.29) is 30.4 Å². The zero-order chi connectivity index (χ0) is 20.4. The van der Waals surface area contributed by atoms with E-state index in [1.807, 2.05) is 42.6 Å². The third-order valence-corrected chi connectivity index (χ3v) is 6.21. The molecule has 2 aromatic rings. The summed E-state index contributed by atoms with van der Waals surface area (Å²) in [6, 6.07) is 9.56. The predicted octanol–water partition coefficient (Wildman–Crippen LogP) is 3.84. The number of nitrogens with one attached hydrogen (secondary N) is 2. The van der Waals surface area contributed by atoms with Crippen LogP contribution < -0.4 is 10.6 Å². The second-order valence-electron chi connectivity index (χ2n) is 7.75. The summed E-state index contributed by atoms with van der Waals surface area (Å²) in [6.07, 6.45) is 4.00. The highest BCUT2D eigenvalue weighted by Gasteiger charge is 2.32. The van der Waals surface area contributed by atoms with Gasteiger partial charge in [0.05, 0.1) is 0 Å². The topological polar surface area (TPSA) is 84.5 Å². The van der Waals surface area contributed by atoms with Crippen LogP contribution in [-0.4, -0.2) is 30.4 Å². The summed E-state index contributed by atoms with van der Waals surface area (Å²) < 4.78 is 5.31. The lowest BCUT2D eigenvalue weighted by Gasteiger charge is -2.13. The standard InChI is InChI=1S/C22H24N2O4S/c1-13(14-7-8-14)23-18(25)11-28-22(27)19-17(15-5-3-2-4-6-15)12-29-21(19)24-20(26)16-9-10-16/h2-6,12-14,16H,7-11H2,1H3,(H,23,25)(H,24,26)/t13-/m0/s1. The lowest BCUT2D eigenvalue weighted by molar-refractivity contribution is -0.125. The molecule has 0 saturated heterocycles. The van der Waals surface area contributed by atoms with E-state index in [9.17, 15) is 14.4 Å². The highest BCUT2D eigenvalue weighted by atomic mass is 32.1. The van der Waals surface area contributed by atoms with Crippen LogP contribution in [0, 0.1) is 11.8 Å². The molecular formula is C22H24N2O4S. The van der Waals surface area contributed by atoms with Crippen molar-refractivity contribution in [3.8, 4) is 11.1 Å². The van der Waals surface area contributed by atoms with Crippen molar-refractivity contribution in [2.24, 2.45) is 11.8 Å². The highest BCUT2D eigenvalue weighted by Crippen LogP contribution is 2.38. The maximum Gasteiger partial charge on any atom is 0.342 e. The van der Waals surface area contributed by atoms with Crippen LogP contribution in [0.15, 0.2) is 35.7 Å². The zero-order valence-electron chi connectivity index (χ0n) is 16.3. The van der Waals surface area contributed by atoms with E-state index in [0.29, 0.717) is 22.0 Å². The SMILES string of the molecule is C[C@H](NC(=O)COC(=O)c1c(-c2ccccc2)csc1NC(=O)C1CC1)C1CC1. The molecule has 2 aliphatic carbocycles. The van der Waals surface area contributed by atoms with Crippen molar-refractivity contribution in [1.82, 2.24) is 5.32 Å². The minimum Gasteiger partial charge on any atom is -0.452 e. The van der Waals surface area contributed by atoms with Gasteiger partial charge in [-0.05, 0) is 44.1 Å². The van der Waals surface area contributed by atoms with E-state index in [1.54, 1.807) is 0 Å². The average Bonchev–Trinajstić information content (AvgIpc) is 3.63. The fourth-order valence-electron chi connectivity index (χ4n) is 3.26. The van der Waals surface area contributed by atoms with Crippen LogP contribution in [0.2, 0.25) is 0 Å². The fourth-order valence-corrected chi connectivity index (χ4v) is 4.22. The van der Waals surface area contributed by atoms with Gasteiger partial charge in [0.15, 0.2) is 6.61 Å². The molecule has 4 rings (SSSR count). The molecule has 2 aliphatic rings. The molecule has 2 N–H and O–H groups in total. The summed E-state index contributed by atoms with van der Waals surface area (Å²) in [7, 11) is 0. The number of carbonyl (C=O) groups excluding carboxylic acids is 3. The van der Waals surface area contributed by atoms with Crippen molar-refractivity contribution < 1.29 is 19.1 Å². The smallest absolute Gasteiger partial charge is 0.342 e. The molecule has 6 nitrogen and oxygen atoms in total. The van der Waals surface area contributed by atoms with Gasteiger partial charge in [-0.3, -0.25) is 9.59 Å². The Morgan fingerprint density at radius 3 is 2.52 bits per heavy atom. The first-order valence-electron chi connectivity index (χ1n) is 9.97. The Morgan fingerprint density at radius 2 is 1.86 bits per heavy atom. The number of hydrogen-bond donors (Lipinski definition) is 2. The summed E-state index contributed by atoms with van der Waals surface area (Å²) in [6.45, 7) is 1.63. The molecule has 0 radical (unpaired) electrons. The third kappa shape index (κ3) is 4.85. The third-order valence-electron chi connectivity index (χ3n) is 5.32. The normalized spacial score (nSPS) is 16.7. The van der Waals surface area contributed by atoms with Crippen molar-refractivity contribution in [1.29, 1.82) is 0 Å². The van der Waals surface area contributed by atoms with Crippen molar-refractivity contribution in [3.05, 3.63) is 41.3 Å². The van der Waals surface area contributed by atoms with E-state index in [2.05, 4.69) is 10.6 Å². The van der Waals surface area contributed by atoms with Crippen molar-refractivity contribution in [2.75, 3.05) is 11.9 Å². The molecule has 1 aromatic carbocycles.